The zero-order valence-corrected chi connectivity index (χ0v) is 20.9. The molecule has 17 heavy (non-hydrogen) atoms. The topological polar surface area (TPSA) is 360 Å². The molecule has 0 saturated carbocycles. The van der Waals surface area contributed by atoms with Crippen LogP contribution in [0.5, 0.6) is 0 Å². The van der Waals surface area contributed by atoms with Crippen molar-refractivity contribution in [2.24, 2.45) is 0 Å². The largest absolute Gasteiger partial charge is 3.00 e. The average molecular weight is 533 g/mol. The fourth-order valence-electron chi connectivity index (χ4n) is 0. The van der Waals surface area contributed by atoms with Crippen molar-refractivity contribution in [1.29, 1.82) is 0 Å². The van der Waals surface area contributed by atoms with Crippen LogP contribution >= 0.6 is 0 Å². The van der Waals surface area contributed by atoms with E-state index in [-0.39, 0.29) is 171 Å². The zero-order chi connectivity index (χ0) is 24.0. The summed E-state index contributed by atoms with van der Waals surface area (Å²) < 4.78 is 54.0. The van der Waals surface area contributed by atoms with Crippen LogP contribution in [-0.2, 0) is 0 Å². The second kappa shape index (κ2) is 334. The summed E-state index contributed by atoms with van der Waals surface area (Å²) >= 11 is 0. The molecule has 0 saturated heterocycles. The Labute approximate surface area is 249 Å². The van der Waals surface area contributed by atoms with Crippen LogP contribution in [0.15, 0.2) is 0 Å². The minimum absolute atomic E-state index is 0. The van der Waals surface area contributed by atoms with E-state index < -0.39 is 0 Å². The number of hydrogen-bond donors (Lipinski definition) is 0. The van der Waals surface area contributed by atoms with Gasteiger partial charge in [0.2, 0.25) is 0 Å². The summed E-state index contributed by atoms with van der Waals surface area (Å²) in [5.74, 6) is 0. The van der Waals surface area contributed by atoms with Crippen molar-refractivity contribution >= 4 is 171 Å². The molecular weight excluding hydrogens is 509 g/mol. The molecule has 0 aliphatic heterocycles. The molecule has 12 N–H and O–H groups in total. The maximum absolute atomic E-state index is 7.50. The van der Waals surface area contributed by atoms with Crippen molar-refractivity contribution in [2.45, 2.75) is 0 Å². The quantitative estimate of drug-likeness (QED) is 0.269. The van der Waals surface area contributed by atoms with Crippen LogP contribution in [0.3, 0.4) is 0 Å². The Kier molecular flexibility index (Phi) is 660. The molecule has 0 amide bonds. The average Bonchev–Trinajstić information content (AvgIpc) is 2.84. The van der Waals surface area contributed by atoms with Crippen molar-refractivity contribution in [1.82, 2.24) is 0 Å². The van der Waals surface area contributed by atoms with Gasteiger partial charge in [0.05, 0.1) is 0 Å². The molecule has 0 unspecified atom stereocenters. The third-order valence-electron chi connectivity index (χ3n) is 0. The molecule has 12 nitrogen and oxygen atoms in total. The number of hydrogen-bond acceptors (Lipinski definition) is 12. The standard InChI is InChI=1S/2Al.12H2O.3Sr/h;;12*1H2;;;/q2*+3;;;;;;;;;;;;;3*+2/p-12/i/hD12. The fraction of sp³-hybridized carbons (Fsp3) is 0. The van der Waals surface area contributed by atoms with Gasteiger partial charge in [-0.2, -0.15) is 0 Å². The molecule has 17 heteroatoms. The SMILES string of the molecule is [2H][O-].[2H][O-].[2H][O-].[2H][O-].[2H][O-].[2H][O-].[2H][O-].[2H][O-].[2H][O-].[2H][O-].[2H][O-].[2H][O-].[Al+3].[Al+3].[Sr+2].[Sr+2].[Sr+2]. The van der Waals surface area contributed by atoms with E-state index in [1.807, 2.05) is 0 Å². The number of rotatable bonds is 0. The molecule has 0 atom stereocenters. The molecule has 0 aliphatic rings. The van der Waals surface area contributed by atoms with E-state index in [2.05, 4.69) is 17.2 Å². The molecule has 0 rings (SSSR count). The monoisotopic (exact) mass is 534 g/mol. The van der Waals surface area contributed by atoms with Gasteiger partial charge in [0.1, 0.15) is 0 Å². The van der Waals surface area contributed by atoms with Gasteiger partial charge in [-0.1, -0.05) is 0 Å². The minimum Gasteiger partial charge on any atom is -0.870 e. The van der Waals surface area contributed by atoms with Crippen LogP contribution in [-0.4, -0.2) is 237 Å². The Balaban J connectivity index is -0.00000000356. The first-order valence-corrected chi connectivity index (χ1v) is 0. The Bertz CT molecular complexity index is 48.1. The molecule has 0 spiro atoms. The van der Waals surface area contributed by atoms with Crippen molar-refractivity contribution in [2.75, 3.05) is 0 Å². The van der Waals surface area contributed by atoms with Gasteiger partial charge in [-0.3, -0.25) is 0 Å². The van der Waals surface area contributed by atoms with E-state index in [0.29, 0.717) is 0 Å². The van der Waals surface area contributed by atoms with Crippen molar-refractivity contribution < 1.29 is 82.9 Å². The van der Waals surface area contributed by atoms with Crippen LogP contribution in [0, 0.1) is 0 Å². The predicted octanol–water partition coefficient (Wildman–Crippen LogP) is -4.03. The van der Waals surface area contributed by atoms with Gasteiger partial charge in [-0.25, -0.2) is 0 Å². The maximum Gasteiger partial charge on any atom is 3.00 e. The summed E-state index contributed by atoms with van der Waals surface area (Å²) in [5.41, 5.74) is 90.0. The van der Waals surface area contributed by atoms with Crippen LogP contribution in [0.4, 0.5) is 0 Å². The Morgan fingerprint density at radius 1 is 0.294 bits per heavy atom. The molecule has 0 radical (unpaired) electrons. The fourth-order valence-corrected chi connectivity index (χ4v) is 0. The molecule has 0 aromatic carbocycles. The van der Waals surface area contributed by atoms with Crippen molar-refractivity contribution in [3.8, 4) is 0 Å². The first-order chi connectivity index (χ1) is 12.0. The van der Waals surface area contributed by atoms with Gasteiger partial charge >= 0.3 is 171 Å². The van der Waals surface area contributed by atoms with Crippen molar-refractivity contribution in [3.63, 3.8) is 0 Å². The van der Waals surface area contributed by atoms with Gasteiger partial charge < -0.3 is 65.7 Å². The summed E-state index contributed by atoms with van der Waals surface area (Å²) in [6, 6.07) is 0. The second-order valence-corrected chi connectivity index (χ2v) is 0. The van der Waals surface area contributed by atoms with E-state index >= 15 is 0 Å². The van der Waals surface area contributed by atoms with Crippen LogP contribution in [0.2, 0.25) is 0 Å². The minimum atomic E-state index is 0. The molecular formula is H12Al2O12Sr3. The summed E-state index contributed by atoms with van der Waals surface area (Å²) in [6.07, 6.45) is 0. The summed E-state index contributed by atoms with van der Waals surface area (Å²) in [6.45, 7) is 0. The second-order valence-electron chi connectivity index (χ2n) is 0. The van der Waals surface area contributed by atoms with Crippen molar-refractivity contribution in [3.05, 3.63) is 0 Å². The molecule has 0 fully saturated rings. The predicted molar refractivity (Wildman–Crippen MR) is 52.0 cm³/mol. The van der Waals surface area contributed by atoms with Crippen LogP contribution in [0.1, 0.15) is 17.2 Å². The van der Waals surface area contributed by atoms with Gasteiger partial charge in [-0.15, -0.1) is 17.2 Å². The third kappa shape index (κ3) is 301. The molecule has 0 heterocycles. The Morgan fingerprint density at radius 3 is 0.294 bits per heavy atom. The van der Waals surface area contributed by atoms with E-state index in [9.17, 15) is 0 Å². The summed E-state index contributed by atoms with van der Waals surface area (Å²) in [4.78, 5) is 0. The van der Waals surface area contributed by atoms with E-state index in [0.717, 1.165) is 0 Å². The molecule has 0 aromatic rings. The smallest absolute Gasteiger partial charge is 0.870 e. The Morgan fingerprint density at radius 2 is 0.294 bits per heavy atom. The summed E-state index contributed by atoms with van der Waals surface area (Å²) in [7, 11) is 0. The summed E-state index contributed by atoms with van der Waals surface area (Å²) in [5, 5.41) is 0. The van der Waals surface area contributed by atoms with Gasteiger partial charge in [0.25, 0.3) is 0 Å². The molecule has 96 valence electrons. The van der Waals surface area contributed by atoms with Crippen LogP contribution < -0.4 is 0 Å². The third-order valence-corrected chi connectivity index (χ3v) is 0. The molecule has 0 aliphatic carbocycles. The first kappa shape index (κ1) is 33.6. The normalized spacial score (nSPS) is 4.94. The Hall–Kier alpha value is 5.03. The first-order valence-electron chi connectivity index (χ1n) is 4.90. The van der Waals surface area contributed by atoms with E-state index in [1.54, 1.807) is 0 Å². The van der Waals surface area contributed by atoms with Crippen LogP contribution in [0.25, 0.3) is 0 Å². The maximum atomic E-state index is 7.50. The van der Waals surface area contributed by atoms with Gasteiger partial charge in [0, 0.05) is 0 Å². The van der Waals surface area contributed by atoms with Gasteiger partial charge in [0.15, 0.2) is 0 Å². The van der Waals surface area contributed by atoms with E-state index in [1.165, 1.54) is 0 Å². The molecule has 0 bridgehead atoms. The van der Waals surface area contributed by atoms with Gasteiger partial charge in [-0.05, 0) is 0 Å². The zero-order valence-electron chi connectivity index (χ0n) is 20.2. The molecule has 0 aromatic heterocycles. The van der Waals surface area contributed by atoms with E-state index in [4.69, 9.17) is 65.7 Å².